The van der Waals surface area contributed by atoms with Gasteiger partial charge in [0.25, 0.3) is 5.91 Å². The maximum absolute atomic E-state index is 13.3. The minimum atomic E-state index is 0.00429. The summed E-state index contributed by atoms with van der Waals surface area (Å²) in [5, 5.41) is 4.22. The van der Waals surface area contributed by atoms with Gasteiger partial charge in [0.05, 0.1) is 6.04 Å². The van der Waals surface area contributed by atoms with Crippen LogP contribution in [0, 0.1) is 11.8 Å². The lowest BCUT2D eigenvalue weighted by atomic mass is 10.0. The van der Waals surface area contributed by atoms with E-state index >= 15 is 0 Å². The second-order valence-electron chi connectivity index (χ2n) is 9.59. The molecule has 0 aliphatic carbocycles. The van der Waals surface area contributed by atoms with Crippen molar-refractivity contribution in [3.63, 3.8) is 0 Å². The van der Waals surface area contributed by atoms with E-state index in [-0.39, 0.29) is 17.9 Å². The Morgan fingerprint density at radius 3 is 2.30 bits per heavy atom. The number of carbonyl (C=O) groups excluding carboxylic acids is 2. The van der Waals surface area contributed by atoms with Crippen LogP contribution < -0.4 is 5.32 Å². The van der Waals surface area contributed by atoms with Gasteiger partial charge in [-0.15, -0.1) is 0 Å². The molecule has 6 heteroatoms. The number of amides is 2. The molecule has 2 aromatic carbocycles. The van der Waals surface area contributed by atoms with E-state index in [2.05, 4.69) is 34.5 Å². The molecule has 2 aliphatic heterocycles. The molecule has 5 rings (SSSR count). The lowest BCUT2D eigenvalue weighted by Crippen LogP contribution is -2.35. The molecule has 33 heavy (non-hydrogen) atoms. The second-order valence-corrected chi connectivity index (χ2v) is 9.59. The van der Waals surface area contributed by atoms with Crippen LogP contribution in [0.3, 0.4) is 0 Å². The average molecular weight is 445 g/mol. The van der Waals surface area contributed by atoms with Gasteiger partial charge in [-0.25, -0.2) is 0 Å². The minimum Gasteiger partial charge on any atom is -0.349 e. The number of aromatic nitrogens is 1. The third kappa shape index (κ3) is 4.40. The number of rotatable bonds is 6. The fraction of sp³-hybridized carbons (Fsp3) is 0.407. The van der Waals surface area contributed by atoms with E-state index in [9.17, 15) is 9.59 Å². The Morgan fingerprint density at radius 1 is 0.970 bits per heavy atom. The van der Waals surface area contributed by atoms with E-state index in [1.165, 1.54) is 0 Å². The summed E-state index contributed by atoms with van der Waals surface area (Å²) in [6, 6.07) is 20.4. The van der Waals surface area contributed by atoms with Crippen LogP contribution in [0.1, 0.15) is 35.4 Å². The van der Waals surface area contributed by atoms with Crippen molar-refractivity contribution in [1.29, 1.82) is 0 Å². The van der Waals surface area contributed by atoms with E-state index < -0.39 is 0 Å². The smallest absolute Gasteiger partial charge is 0.270 e. The normalized spacial score (nSPS) is 21.3. The van der Waals surface area contributed by atoms with E-state index in [0.717, 1.165) is 61.3 Å². The van der Waals surface area contributed by atoms with Crippen LogP contribution in [0.2, 0.25) is 0 Å². The van der Waals surface area contributed by atoms with Crippen molar-refractivity contribution in [3.05, 3.63) is 71.9 Å². The number of aryl methyl sites for hydroxylation is 1. The molecule has 0 radical (unpaired) electrons. The standard InChI is InChI=1S/C27H32N4O2/c1-19(32)28-24(20-8-4-3-5-9-20)12-13-30-15-22-17-31(18-23(22)16-30)27(33)26-14-21-10-6-7-11-25(21)29(26)2/h3-11,14,22-24H,12-13,15-18H2,1-2H3,(H,28,32)/t22-,23+,24?. The van der Waals surface area contributed by atoms with E-state index in [4.69, 9.17) is 0 Å². The van der Waals surface area contributed by atoms with Crippen LogP contribution in [0.25, 0.3) is 10.9 Å². The van der Waals surface area contributed by atoms with Gasteiger partial charge in [-0.05, 0) is 36.0 Å². The van der Waals surface area contributed by atoms with Crippen LogP contribution in [0.4, 0.5) is 0 Å². The number of nitrogens with zero attached hydrogens (tertiary/aromatic N) is 3. The summed E-state index contributed by atoms with van der Waals surface area (Å²) in [5.74, 6) is 1.20. The van der Waals surface area contributed by atoms with Gasteiger partial charge in [0.1, 0.15) is 5.69 Å². The molecule has 0 spiro atoms. The van der Waals surface area contributed by atoms with Gasteiger partial charge in [0, 0.05) is 57.6 Å². The molecule has 1 unspecified atom stereocenters. The Kier molecular flexibility index (Phi) is 5.94. The maximum Gasteiger partial charge on any atom is 0.270 e. The summed E-state index contributed by atoms with van der Waals surface area (Å²) in [5.41, 5.74) is 3.02. The molecule has 6 nitrogen and oxygen atoms in total. The molecule has 1 N–H and O–H groups in total. The van der Waals surface area contributed by atoms with Crippen LogP contribution in [0.15, 0.2) is 60.7 Å². The van der Waals surface area contributed by atoms with Crippen molar-refractivity contribution in [2.75, 3.05) is 32.7 Å². The lowest BCUT2D eigenvalue weighted by Gasteiger charge is -2.24. The first-order valence-corrected chi connectivity index (χ1v) is 11.9. The number of nitrogens with one attached hydrogen (secondary N) is 1. The van der Waals surface area contributed by atoms with Crippen molar-refractivity contribution in [2.45, 2.75) is 19.4 Å². The number of carbonyl (C=O) groups is 2. The van der Waals surface area contributed by atoms with Crippen molar-refractivity contribution >= 4 is 22.7 Å². The zero-order valence-electron chi connectivity index (χ0n) is 19.4. The number of likely N-dealkylation sites (tertiary alicyclic amines) is 2. The summed E-state index contributed by atoms with van der Waals surface area (Å²) in [6.07, 6.45) is 0.890. The number of hydrogen-bond donors (Lipinski definition) is 1. The first-order valence-electron chi connectivity index (χ1n) is 11.9. The Balaban J connectivity index is 1.18. The molecule has 0 bridgehead atoms. The fourth-order valence-corrected chi connectivity index (χ4v) is 5.66. The average Bonchev–Trinajstić information content (AvgIpc) is 3.48. The zero-order chi connectivity index (χ0) is 22.9. The first kappa shape index (κ1) is 21.7. The second kappa shape index (κ2) is 9.02. The number of hydrogen-bond acceptors (Lipinski definition) is 3. The highest BCUT2D eigenvalue weighted by molar-refractivity contribution is 5.98. The zero-order valence-corrected chi connectivity index (χ0v) is 19.4. The van der Waals surface area contributed by atoms with Crippen molar-refractivity contribution in [2.24, 2.45) is 18.9 Å². The van der Waals surface area contributed by atoms with Crippen molar-refractivity contribution in [1.82, 2.24) is 19.7 Å². The fourth-order valence-electron chi connectivity index (χ4n) is 5.66. The van der Waals surface area contributed by atoms with Crippen molar-refractivity contribution < 1.29 is 9.59 Å². The lowest BCUT2D eigenvalue weighted by molar-refractivity contribution is -0.119. The molecular weight excluding hydrogens is 412 g/mol. The molecule has 3 aromatic rings. The molecular formula is C27H32N4O2. The molecule has 2 saturated heterocycles. The maximum atomic E-state index is 13.3. The molecule has 2 amide bonds. The first-order chi connectivity index (χ1) is 16.0. The predicted octanol–water partition coefficient (Wildman–Crippen LogP) is 3.45. The summed E-state index contributed by atoms with van der Waals surface area (Å²) < 4.78 is 2.02. The number of benzene rings is 2. The largest absolute Gasteiger partial charge is 0.349 e. The number of fused-ring (bicyclic) bond motifs is 2. The van der Waals surface area contributed by atoms with Crippen molar-refractivity contribution in [3.8, 4) is 0 Å². The Labute approximate surface area is 195 Å². The molecule has 172 valence electrons. The van der Waals surface area contributed by atoms with E-state index in [1.54, 1.807) is 6.92 Å². The third-order valence-electron chi connectivity index (χ3n) is 7.33. The summed E-state index contributed by atoms with van der Waals surface area (Å²) in [6.45, 7) is 6.22. The Hall–Kier alpha value is -3.12. The quantitative estimate of drug-likeness (QED) is 0.634. The van der Waals surface area contributed by atoms with Crippen LogP contribution in [-0.4, -0.2) is 58.9 Å². The van der Waals surface area contributed by atoms with Crippen LogP contribution in [0.5, 0.6) is 0 Å². The van der Waals surface area contributed by atoms with Gasteiger partial charge in [0.15, 0.2) is 0 Å². The van der Waals surface area contributed by atoms with Gasteiger partial charge in [0.2, 0.25) is 5.91 Å². The van der Waals surface area contributed by atoms with E-state index in [1.807, 2.05) is 52.9 Å². The summed E-state index contributed by atoms with van der Waals surface area (Å²) in [7, 11) is 1.98. The molecule has 0 saturated carbocycles. The molecule has 2 aliphatic rings. The van der Waals surface area contributed by atoms with Gasteiger partial charge in [-0.1, -0.05) is 48.5 Å². The van der Waals surface area contributed by atoms with E-state index in [0.29, 0.717) is 11.8 Å². The van der Waals surface area contributed by atoms with Gasteiger partial charge in [-0.2, -0.15) is 0 Å². The molecule has 3 atom stereocenters. The Bertz CT molecular complexity index is 1140. The SMILES string of the molecule is CC(=O)NC(CCN1C[C@@H]2CN(C(=O)c3cc4ccccc4n3C)C[C@@H]2C1)c1ccccc1. The molecule has 3 heterocycles. The van der Waals surface area contributed by atoms with Crippen LogP contribution >= 0.6 is 0 Å². The highest BCUT2D eigenvalue weighted by Gasteiger charge is 2.42. The van der Waals surface area contributed by atoms with Gasteiger partial charge in [-0.3, -0.25) is 9.59 Å². The minimum absolute atomic E-state index is 0.00429. The van der Waals surface area contributed by atoms with Gasteiger partial charge >= 0.3 is 0 Å². The topological polar surface area (TPSA) is 57.6 Å². The van der Waals surface area contributed by atoms with Gasteiger partial charge < -0.3 is 19.7 Å². The number of para-hydroxylation sites is 1. The highest BCUT2D eigenvalue weighted by atomic mass is 16.2. The Morgan fingerprint density at radius 2 is 1.64 bits per heavy atom. The highest BCUT2D eigenvalue weighted by Crippen LogP contribution is 2.33. The third-order valence-corrected chi connectivity index (χ3v) is 7.33. The van der Waals surface area contributed by atoms with Crippen LogP contribution in [-0.2, 0) is 11.8 Å². The predicted molar refractivity (Wildman–Crippen MR) is 130 cm³/mol. The summed E-state index contributed by atoms with van der Waals surface area (Å²) >= 11 is 0. The summed E-state index contributed by atoms with van der Waals surface area (Å²) in [4.78, 5) is 29.5. The monoisotopic (exact) mass is 444 g/mol. The molecule has 2 fully saturated rings. The molecule has 1 aromatic heterocycles.